The molecule has 1 atom stereocenters. The second-order valence-corrected chi connectivity index (χ2v) is 5.87. The third kappa shape index (κ3) is 4.14. The van der Waals surface area contributed by atoms with Crippen LogP contribution in [-0.2, 0) is 4.74 Å². The molecule has 0 saturated heterocycles. The molecule has 0 spiro atoms. The fourth-order valence-electron chi connectivity index (χ4n) is 2.41. The highest BCUT2D eigenvalue weighted by molar-refractivity contribution is 6.30. The number of carbonyl (C=O) groups excluding carboxylic acids is 2. The molecule has 1 unspecified atom stereocenters. The molecule has 3 aromatic rings. The molecule has 4 heteroatoms. The summed E-state index contributed by atoms with van der Waals surface area (Å²) in [4.78, 5) is 25.3. The van der Waals surface area contributed by atoms with Gasteiger partial charge >= 0.3 is 5.97 Å². The van der Waals surface area contributed by atoms with Crippen LogP contribution in [-0.4, -0.2) is 11.8 Å². The van der Waals surface area contributed by atoms with E-state index < -0.39 is 12.1 Å². The maximum atomic E-state index is 12.9. The Bertz CT molecular complexity index is 859. The molecule has 0 heterocycles. The van der Waals surface area contributed by atoms with Crippen molar-refractivity contribution >= 4 is 23.4 Å². The lowest BCUT2D eigenvalue weighted by Gasteiger charge is -2.17. The van der Waals surface area contributed by atoms with Crippen molar-refractivity contribution in [2.24, 2.45) is 0 Å². The van der Waals surface area contributed by atoms with Gasteiger partial charge in [-0.05, 0) is 24.3 Å². The van der Waals surface area contributed by atoms with E-state index in [1.54, 1.807) is 72.8 Å². The lowest BCUT2D eigenvalue weighted by Crippen LogP contribution is -2.20. The number of Topliss-reactive ketones (excluding diaryl/α,β-unsaturated/α-hetero) is 1. The van der Waals surface area contributed by atoms with Crippen molar-refractivity contribution in [3.05, 3.63) is 107 Å². The molecule has 3 rings (SSSR count). The smallest absolute Gasteiger partial charge is 0.339 e. The van der Waals surface area contributed by atoms with Gasteiger partial charge < -0.3 is 4.74 Å². The SMILES string of the molecule is O=C(OC(C(=O)c1ccccc1)c1ccc(Cl)cc1)c1ccccc1. The Hall–Kier alpha value is -2.91. The molecule has 0 amide bonds. The third-order valence-corrected chi connectivity index (χ3v) is 3.96. The third-order valence-electron chi connectivity index (χ3n) is 3.70. The molecule has 3 aromatic carbocycles. The van der Waals surface area contributed by atoms with Gasteiger partial charge in [0.2, 0.25) is 5.78 Å². The average molecular weight is 351 g/mol. The maximum Gasteiger partial charge on any atom is 0.339 e. The van der Waals surface area contributed by atoms with Gasteiger partial charge in [-0.2, -0.15) is 0 Å². The molecule has 3 nitrogen and oxygen atoms in total. The minimum absolute atomic E-state index is 0.285. The zero-order valence-corrected chi connectivity index (χ0v) is 14.0. The first-order valence-corrected chi connectivity index (χ1v) is 8.14. The fraction of sp³-hybridized carbons (Fsp3) is 0.0476. The Labute approximate surface area is 150 Å². The van der Waals surface area contributed by atoms with Crippen LogP contribution < -0.4 is 0 Å². The Morgan fingerprint density at radius 1 is 0.720 bits per heavy atom. The first-order chi connectivity index (χ1) is 12.1. The van der Waals surface area contributed by atoms with Crippen LogP contribution in [0, 0.1) is 0 Å². The van der Waals surface area contributed by atoms with E-state index in [1.165, 1.54) is 0 Å². The van der Waals surface area contributed by atoms with Crippen molar-refractivity contribution in [2.75, 3.05) is 0 Å². The number of benzene rings is 3. The van der Waals surface area contributed by atoms with E-state index in [9.17, 15) is 9.59 Å². The van der Waals surface area contributed by atoms with Crippen LogP contribution in [0.25, 0.3) is 0 Å². The van der Waals surface area contributed by atoms with Crippen molar-refractivity contribution in [1.29, 1.82) is 0 Å². The molecule has 0 N–H and O–H groups in total. The van der Waals surface area contributed by atoms with Crippen LogP contribution in [0.15, 0.2) is 84.9 Å². The van der Waals surface area contributed by atoms with Gasteiger partial charge in [-0.15, -0.1) is 0 Å². The summed E-state index contributed by atoms with van der Waals surface area (Å²) in [5, 5.41) is 0.545. The topological polar surface area (TPSA) is 43.4 Å². The summed E-state index contributed by atoms with van der Waals surface area (Å²) in [5.74, 6) is -0.836. The van der Waals surface area contributed by atoms with Gasteiger partial charge in [-0.25, -0.2) is 4.79 Å². The monoisotopic (exact) mass is 350 g/mol. The quantitative estimate of drug-likeness (QED) is 0.473. The molecule has 0 aliphatic rings. The number of hydrogen-bond donors (Lipinski definition) is 0. The minimum Gasteiger partial charge on any atom is -0.445 e. The van der Waals surface area contributed by atoms with Gasteiger partial charge in [0.05, 0.1) is 5.56 Å². The summed E-state index contributed by atoms with van der Waals surface area (Å²) < 4.78 is 5.55. The average Bonchev–Trinajstić information content (AvgIpc) is 2.67. The molecule has 0 bridgehead atoms. The minimum atomic E-state index is -1.03. The van der Waals surface area contributed by atoms with Gasteiger partial charge in [-0.1, -0.05) is 72.3 Å². The number of ketones is 1. The summed E-state index contributed by atoms with van der Waals surface area (Å²) in [6, 6.07) is 24.0. The van der Waals surface area contributed by atoms with Gasteiger partial charge in [0.1, 0.15) is 0 Å². The van der Waals surface area contributed by atoms with Gasteiger partial charge in [0.25, 0.3) is 0 Å². The van der Waals surface area contributed by atoms with Gasteiger partial charge in [-0.3, -0.25) is 4.79 Å². The number of esters is 1. The van der Waals surface area contributed by atoms with Crippen molar-refractivity contribution in [2.45, 2.75) is 6.10 Å². The highest BCUT2D eigenvalue weighted by Gasteiger charge is 2.26. The number of halogens is 1. The van der Waals surface area contributed by atoms with E-state index in [0.717, 1.165) is 0 Å². The Balaban J connectivity index is 1.93. The molecule has 124 valence electrons. The fourth-order valence-corrected chi connectivity index (χ4v) is 2.54. The highest BCUT2D eigenvalue weighted by atomic mass is 35.5. The summed E-state index contributed by atoms with van der Waals surface area (Å²) in [7, 11) is 0. The summed E-state index contributed by atoms with van der Waals surface area (Å²) in [6.45, 7) is 0. The number of hydrogen-bond acceptors (Lipinski definition) is 3. The zero-order valence-electron chi connectivity index (χ0n) is 13.3. The molecule has 0 saturated carbocycles. The maximum absolute atomic E-state index is 12.9. The second kappa shape index (κ2) is 7.77. The molecular weight excluding hydrogens is 336 g/mol. The first-order valence-electron chi connectivity index (χ1n) is 7.76. The lowest BCUT2D eigenvalue weighted by atomic mass is 9.99. The van der Waals surface area contributed by atoms with Crippen LogP contribution in [0.2, 0.25) is 5.02 Å². The molecule has 25 heavy (non-hydrogen) atoms. The normalized spacial score (nSPS) is 11.6. The largest absolute Gasteiger partial charge is 0.445 e. The van der Waals surface area contributed by atoms with Crippen LogP contribution in [0.4, 0.5) is 0 Å². The molecule has 0 aliphatic heterocycles. The van der Waals surface area contributed by atoms with Crippen LogP contribution in [0.1, 0.15) is 32.4 Å². The van der Waals surface area contributed by atoms with E-state index in [4.69, 9.17) is 16.3 Å². The van der Waals surface area contributed by atoms with E-state index in [0.29, 0.717) is 21.7 Å². The lowest BCUT2D eigenvalue weighted by molar-refractivity contribution is 0.0280. The molecule has 0 aromatic heterocycles. The molecule has 0 fully saturated rings. The Kier molecular flexibility index (Phi) is 5.26. The van der Waals surface area contributed by atoms with E-state index in [-0.39, 0.29) is 5.78 Å². The van der Waals surface area contributed by atoms with E-state index >= 15 is 0 Å². The van der Waals surface area contributed by atoms with Gasteiger partial charge in [0.15, 0.2) is 6.10 Å². The van der Waals surface area contributed by atoms with Crippen LogP contribution >= 0.6 is 11.6 Å². The van der Waals surface area contributed by atoms with Crippen LogP contribution in [0.5, 0.6) is 0 Å². The summed E-state index contributed by atoms with van der Waals surface area (Å²) >= 11 is 5.92. The zero-order chi connectivity index (χ0) is 17.6. The summed E-state index contributed by atoms with van der Waals surface area (Å²) in [5.41, 5.74) is 1.44. The number of carbonyl (C=O) groups is 2. The molecule has 0 aliphatic carbocycles. The van der Waals surface area contributed by atoms with Crippen molar-refractivity contribution in [3.63, 3.8) is 0 Å². The number of rotatable bonds is 5. The number of ether oxygens (including phenoxy) is 1. The summed E-state index contributed by atoms with van der Waals surface area (Å²) in [6.07, 6.45) is -1.03. The predicted octanol–water partition coefficient (Wildman–Crippen LogP) is 5.12. The van der Waals surface area contributed by atoms with Crippen LogP contribution in [0.3, 0.4) is 0 Å². The second-order valence-electron chi connectivity index (χ2n) is 5.43. The van der Waals surface area contributed by atoms with E-state index in [1.807, 2.05) is 12.1 Å². The molecule has 0 radical (unpaired) electrons. The van der Waals surface area contributed by atoms with Gasteiger partial charge in [0, 0.05) is 16.1 Å². The Morgan fingerprint density at radius 2 is 1.24 bits per heavy atom. The van der Waals surface area contributed by atoms with Crippen molar-refractivity contribution in [1.82, 2.24) is 0 Å². The first kappa shape index (κ1) is 16.9. The Morgan fingerprint density at radius 3 is 1.80 bits per heavy atom. The predicted molar refractivity (Wildman–Crippen MR) is 96.8 cm³/mol. The van der Waals surface area contributed by atoms with Crippen molar-refractivity contribution in [3.8, 4) is 0 Å². The standard InChI is InChI=1S/C21H15ClO3/c22-18-13-11-16(12-14-18)20(19(23)15-7-3-1-4-8-15)25-21(24)17-9-5-2-6-10-17/h1-14,20H. The van der Waals surface area contributed by atoms with Crippen molar-refractivity contribution < 1.29 is 14.3 Å². The van der Waals surface area contributed by atoms with E-state index in [2.05, 4.69) is 0 Å². The highest BCUT2D eigenvalue weighted by Crippen LogP contribution is 2.25. The molecular formula is C21H15ClO3.